The first-order chi connectivity index (χ1) is 9.24. The number of carbonyl (C=O) groups excluding carboxylic acids is 1. The van der Waals surface area contributed by atoms with Crippen LogP contribution in [0.3, 0.4) is 0 Å². The Bertz CT molecular complexity index is 411. The van der Waals surface area contributed by atoms with E-state index in [9.17, 15) is 4.79 Å². The quantitative estimate of drug-likeness (QED) is 0.757. The van der Waals surface area contributed by atoms with Crippen LogP contribution < -0.4 is 4.74 Å². The predicted octanol–water partition coefficient (Wildman–Crippen LogP) is 3.15. The standard InChI is InChI=1S/C16H22O3/c1-3-5-12-6-8-13(9-7-12)19-15-11-14(17)16(15)18-10-4-2/h6-9,15-16H,3-5,10-11H2,1-2H3. The van der Waals surface area contributed by atoms with Crippen LogP contribution in [0, 0.1) is 0 Å². The molecule has 0 amide bonds. The van der Waals surface area contributed by atoms with Gasteiger partial charge in [-0.25, -0.2) is 0 Å². The Hall–Kier alpha value is -1.35. The van der Waals surface area contributed by atoms with Crippen LogP contribution in [0.2, 0.25) is 0 Å². The van der Waals surface area contributed by atoms with E-state index in [0.29, 0.717) is 13.0 Å². The summed E-state index contributed by atoms with van der Waals surface area (Å²) in [5.41, 5.74) is 1.32. The van der Waals surface area contributed by atoms with Gasteiger partial charge in [0.2, 0.25) is 0 Å². The highest BCUT2D eigenvalue weighted by molar-refractivity contribution is 5.90. The van der Waals surface area contributed by atoms with Crippen LogP contribution >= 0.6 is 0 Å². The number of hydrogen-bond acceptors (Lipinski definition) is 3. The fourth-order valence-corrected chi connectivity index (χ4v) is 2.22. The van der Waals surface area contributed by atoms with E-state index >= 15 is 0 Å². The third-order valence-corrected chi connectivity index (χ3v) is 3.31. The summed E-state index contributed by atoms with van der Waals surface area (Å²) in [7, 11) is 0. The number of hydrogen-bond donors (Lipinski definition) is 0. The lowest BCUT2D eigenvalue weighted by Gasteiger charge is -2.34. The van der Waals surface area contributed by atoms with Gasteiger partial charge in [-0.05, 0) is 30.5 Å². The van der Waals surface area contributed by atoms with Crippen LogP contribution in [0.25, 0.3) is 0 Å². The van der Waals surface area contributed by atoms with Gasteiger partial charge in [0.15, 0.2) is 11.9 Å². The van der Waals surface area contributed by atoms with Crippen molar-refractivity contribution in [1.29, 1.82) is 0 Å². The Morgan fingerprint density at radius 2 is 1.89 bits per heavy atom. The molecule has 3 nitrogen and oxygen atoms in total. The van der Waals surface area contributed by atoms with E-state index in [1.807, 2.05) is 19.1 Å². The zero-order valence-electron chi connectivity index (χ0n) is 11.7. The molecule has 0 heterocycles. The number of ketones is 1. The average Bonchev–Trinajstić information content (AvgIpc) is 2.41. The van der Waals surface area contributed by atoms with E-state index in [-0.39, 0.29) is 18.0 Å². The van der Waals surface area contributed by atoms with Crippen LogP contribution in [-0.4, -0.2) is 24.6 Å². The molecule has 2 unspecified atom stereocenters. The van der Waals surface area contributed by atoms with Gasteiger partial charge >= 0.3 is 0 Å². The molecular weight excluding hydrogens is 240 g/mol. The lowest BCUT2D eigenvalue weighted by atomic mass is 9.90. The van der Waals surface area contributed by atoms with Gasteiger partial charge in [-0.2, -0.15) is 0 Å². The lowest BCUT2D eigenvalue weighted by molar-refractivity contribution is -0.154. The number of aryl methyl sites for hydroxylation is 1. The molecular formula is C16H22O3. The Labute approximate surface area is 114 Å². The maximum absolute atomic E-state index is 11.5. The van der Waals surface area contributed by atoms with Crippen molar-refractivity contribution in [3.8, 4) is 5.75 Å². The molecule has 19 heavy (non-hydrogen) atoms. The third kappa shape index (κ3) is 3.57. The zero-order valence-corrected chi connectivity index (χ0v) is 11.7. The molecule has 0 aromatic heterocycles. The summed E-state index contributed by atoms with van der Waals surface area (Å²) in [6.45, 7) is 4.82. The summed E-state index contributed by atoms with van der Waals surface area (Å²) in [4.78, 5) is 11.5. The van der Waals surface area contributed by atoms with Crippen molar-refractivity contribution in [2.24, 2.45) is 0 Å². The Morgan fingerprint density at radius 1 is 1.16 bits per heavy atom. The summed E-state index contributed by atoms with van der Waals surface area (Å²) in [5, 5.41) is 0. The molecule has 1 aromatic rings. The molecule has 2 rings (SSSR count). The highest BCUT2D eigenvalue weighted by atomic mass is 16.5. The van der Waals surface area contributed by atoms with Gasteiger partial charge in [0.25, 0.3) is 0 Å². The fourth-order valence-electron chi connectivity index (χ4n) is 2.22. The third-order valence-electron chi connectivity index (χ3n) is 3.31. The van der Waals surface area contributed by atoms with Gasteiger partial charge in [-0.1, -0.05) is 32.4 Å². The Morgan fingerprint density at radius 3 is 2.47 bits per heavy atom. The first-order valence-corrected chi connectivity index (χ1v) is 7.14. The first kappa shape index (κ1) is 14.1. The van der Waals surface area contributed by atoms with Crippen molar-refractivity contribution in [1.82, 2.24) is 0 Å². The van der Waals surface area contributed by atoms with Crippen LogP contribution in [0.5, 0.6) is 5.75 Å². The van der Waals surface area contributed by atoms with E-state index in [2.05, 4.69) is 19.1 Å². The molecule has 104 valence electrons. The molecule has 0 N–H and O–H groups in total. The predicted molar refractivity (Wildman–Crippen MR) is 74.5 cm³/mol. The van der Waals surface area contributed by atoms with Crippen molar-refractivity contribution >= 4 is 5.78 Å². The number of ether oxygens (including phenoxy) is 2. The minimum absolute atomic E-state index is 0.115. The van der Waals surface area contributed by atoms with Crippen LogP contribution in [0.15, 0.2) is 24.3 Å². The lowest BCUT2D eigenvalue weighted by Crippen LogP contribution is -2.52. The van der Waals surface area contributed by atoms with Crippen LogP contribution in [-0.2, 0) is 16.0 Å². The highest BCUT2D eigenvalue weighted by Gasteiger charge is 2.42. The normalized spacial score (nSPS) is 22.1. The van der Waals surface area contributed by atoms with Crippen LogP contribution in [0.4, 0.5) is 0 Å². The molecule has 1 saturated carbocycles. The van der Waals surface area contributed by atoms with E-state index in [1.165, 1.54) is 5.56 Å². The fraction of sp³-hybridized carbons (Fsp3) is 0.562. The van der Waals surface area contributed by atoms with E-state index in [1.54, 1.807) is 0 Å². The van der Waals surface area contributed by atoms with Crippen molar-refractivity contribution in [3.05, 3.63) is 29.8 Å². The maximum atomic E-state index is 11.5. The molecule has 3 heteroatoms. The average molecular weight is 262 g/mol. The molecule has 0 spiro atoms. The molecule has 1 aromatic carbocycles. The van der Waals surface area contributed by atoms with Crippen molar-refractivity contribution < 1.29 is 14.3 Å². The van der Waals surface area contributed by atoms with Gasteiger partial charge in [-0.3, -0.25) is 4.79 Å². The summed E-state index contributed by atoms with van der Waals surface area (Å²) < 4.78 is 11.3. The minimum Gasteiger partial charge on any atom is -0.487 e. The molecule has 0 saturated heterocycles. The van der Waals surface area contributed by atoms with Crippen molar-refractivity contribution in [2.75, 3.05) is 6.61 Å². The largest absolute Gasteiger partial charge is 0.487 e. The molecule has 0 radical (unpaired) electrons. The molecule has 2 atom stereocenters. The van der Waals surface area contributed by atoms with E-state index in [4.69, 9.17) is 9.47 Å². The highest BCUT2D eigenvalue weighted by Crippen LogP contribution is 2.26. The number of benzene rings is 1. The number of carbonyl (C=O) groups is 1. The minimum atomic E-state index is -0.365. The first-order valence-electron chi connectivity index (χ1n) is 7.14. The summed E-state index contributed by atoms with van der Waals surface area (Å²) >= 11 is 0. The maximum Gasteiger partial charge on any atom is 0.169 e. The van der Waals surface area contributed by atoms with Crippen molar-refractivity contribution in [2.45, 2.75) is 51.7 Å². The zero-order chi connectivity index (χ0) is 13.7. The van der Waals surface area contributed by atoms with Gasteiger partial charge in [0, 0.05) is 13.0 Å². The summed E-state index contributed by atoms with van der Waals surface area (Å²) in [5.74, 6) is 0.975. The Kier molecular flexibility index (Phi) is 4.97. The van der Waals surface area contributed by atoms with Gasteiger partial charge in [-0.15, -0.1) is 0 Å². The second kappa shape index (κ2) is 6.71. The SMILES string of the molecule is CCCOC1C(=O)CC1Oc1ccc(CCC)cc1. The van der Waals surface area contributed by atoms with Gasteiger partial charge in [0.05, 0.1) is 0 Å². The molecule has 1 aliphatic rings. The van der Waals surface area contributed by atoms with Gasteiger partial charge in [0.1, 0.15) is 11.9 Å². The monoisotopic (exact) mass is 262 g/mol. The van der Waals surface area contributed by atoms with Crippen LogP contribution in [0.1, 0.15) is 38.7 Å². The van der Waals surface area contributed by atoms with E-state index in [0.717, 1.165) is 25.0 Å². The topological polar surface area (TPSA) is 35.5 Å². The summed E-state index contributed by atoms with van der Waals surface area (Å²) in [6, 6.07) is 8.12. The van der Waals surface area contributed by atoms with Gasteiger partial charge < -0.3 is 9.47 Å². The second-order valence-electron chi connectivity index (χ2n) is 5.01. The number of rotatable bonds is 7. The summed E-state index contributed by atoms with van der Waals surface area (Å²) in [6.07, 6.45) is 3.13. The second-order valence-corrected chi connectivity index (χ2v) is 5.01. The smallest absolute Gasteiger partial charge is 0.169 e. The molecule has 0 bridgehead atoms. The molecule has 1 aliphatic carbocycles. The molecule has 1 fully saturated rings. The van der Waals surface area contributed by atoms with E-state index < -0.39 is 0 Å². The Balaban J connectivity index is 1.88. The molecule has 0 aliphatic heterocycles. The number of Topliss-reactive ketones (excluding diaryl/α,β-unsaturated/α-hetero) is 1. The van der Waals surface area contributed by atoms with Crippen molar-refractivity contribution in [3.63, 3.8) is 0 Å².